The average molecular weight is 268 g/mol. The molecule has 1 aliphatic heterocycles. The van der Waals surface area contributed by atoms with Crippen molar-refractivity contribution in [3.63, 3.8) is 0 Å². The van der Waals surface area contributed by atoms with E-state index in [1.165, 1.54) is 12.1 Å². The number of rotatable bonds is 4. The van der Waals surface area contributed by atoms with E-state index in [0.29, 0.717) is 18.2 Å². The monoisotopic (exact) mass is 268 g/mol. The minimum absolute atomic E-state index is 0.216. The van der Waals surface area contributed by atoms with Crippen LogP contribution in [-0.4, -0.2) is 31.7 Å². The summed E-state index contributed by atoms with van der Waals surface area (Å²) in [6.45, 7) is 2.16. The number of nitro groups is 1. The van der Waals surface area contributed by atoms with Crippen molar-refractivity contribution in [3.8, 4) is 0 Å². The average Bonchev–Trinajstić information content (AvgIpc) is 2.39. The van der Waals surface area contributed by atoms with Gasteiger partial charge >= 0.3 is 0 Å². The molecular weight excluding hydrogens is 251 g/mol. The largest absolute Gasteiger partial charge is 0.384 e. The van der Waals surface area contributed by atoms with Crippen molar-refractivity contribution in [3.05, 3.63) is 34.1 Å². The van der Waals surface area contributed by atoms with E-state index in [0.717, 1.165) is 32.0 Å². The van der Waals surface area contributed by atoms with Crippen molar-refractivity contribution in [1.29, 1.82) is 0 Å². The minimum atomic E-state index is -0.587. The molecule has 0 spiro atoms. The number of halogens is 1. The number of nitrogens with zero attached hydrogens (tertiary/aromatic N) is 2. The van der Waals surface area contributed by atoms with Gasteiger partial charge in [0.1, 0.15) is 0 Å². The maximum atomic E-state index is 13.9. The van der Waals surface area contributed by atoms with Gasteiger partial charge in [-0.3, -0.25) is 10.1 Å². The second kappa shape index (κ2) is 5.97. The molecule has 1 atom stereocenters. The van der Waals surface area contributed by atoms with Gasteiger partial charge in [0.15, 0.2) is 5.82 Å². The van der Waals surface area contributed by atoms with Crippen LogP contribution in [0.5, 0.6) is 0 Å². The molecule has 0 amide bonds. The topological polar surface area (TPSA) is 55.6 Å². The van der Waals surface area contributed by atoms with Crippen LogP contribution in [0, 0.1) is 21.8 Å². The lowest BCUT2D eigenvalue weighted by Gasteiger charge is -2.34. The second-order valence-electron chi connectivity index (χ2n) is 4.80. The minimum Gasteiger partial charge on any atom is -0.384 e. The molecule has 1 aliphatic rings. The summed E-state index contributed by atoms with van der Waals surface area (Å²) < 4.78 is 19.1. The Balaban J connectivity index is 2.15. The van der Waals surface area contributed by atoms with Crippen LogP contribution in [0.4, 0.5) is 15.8 Å². The number of methoxy groups -OCH3 is 1. The molecule has 104 valence electrons. The molecule has 1 heterocycles. The lowest BCUT2D eigenvalue weighted by molar-refractivity contribution is -0.385. The van der Waals surface area contributed by atoms with Gasteiger partial charge in [-0.05, 0) is 24.8 Å². The van der Waals surface area contributed by atoms with Gasteiger partial charge in [0.25, 0.3) is 5.69 Å². The zero-order chi connectivity index (χ0) is 13.8. The number of ether oxygens (including phenoxy) is 1. The highest BCUT2D eigenvalue weighted by Gasteiger charge is 2.23. The Bertz CT molecular complexity index is 465. The molecule has 0 bridgehead atoms. The van der Waals surface area contributed by atoms with Crippen molar-refractivity contribution >= 4 is 11.4 Å². The van der Waals surface area contributed by atoms with E-state index in [1.54, 1.807) is 7.11 Å². The standard InChI is InChI=1S/C13H17FN2O3/c1-19-9-10-3-2-6-15(8-10)13-5-4-11(16(17)18)7-12(13)14/h4-5,7,10H,2-3,6,8-9H2,1H3/t10-/m1/s1. The van der Waals surface area contributed by atoms with E-state index in [4.69, 9.17) is 4.74 Å². The van der Waals surface area contributed by atoms with Gasteiger partial charge in [-0.15, -0.1) is 0 Å². The number of piperidine rings is 1. The molecule has 0 saturated carbocycles. The van der Waals surface area contributed by atoms with Crippen LogP contribution in [0.15, 0.2) is 18.2 Å². The highest BCUT2D eigenvalue weighted by atomic mass is 19.1. The Morgan fingerprint density at radius 2 is 2.37 bits per heavy atom. The SMILES string of the molecule is COC[C@@H]1CCCN(c2ccc([N+](=O)[O-])cc2F)C1. The third-order valence-corrected chi connectivity index (χ3v) is 3.40. The van der Waals surface area contributed by atoms with Crippen LogP contribution in [0.3, 0.4) is 0 Å². The van der Waals surface area contributed by atoms with E-state index in [-0.39, 0.29) is 5.69 Å². The summed E-state index contributed by atoms with van der Waals surface area (Å²) in [7, 11) is 1.66. The lowest BCUT2D eigenvalue weighted by Crippen LogP contribution is -2.37. The first-order valence-electron chi connectivity index (χ1n) is 6.29. The number of hydrogen-bond donors (Lipinski definition) is 0. The molecule has 19 heavy (non-hydrogen) atoms. The molecule has 0 aliphatic carbocycles. The molecule has 0 radical (unpaired) electrons. The van der Waals surface area contributed by atoms with Gasteiger partial charge in [-0.25, -0.2) is 4.39 Å². The lowest BCUT2D eigenvalue weighted by atomic mass is 9.98. The van der Waals surface area contributed by atoms with Crippen molar-refractivity contribution in [2.24, 2.45) is 5.92 Å². The molecule has 0 unspecified atom stereocenters. The van der Waals surface area contributed by atoms with E-state index < -0.39 is 10.7 Å². The number of anilines is 1. The molecule has 6 heteroatoms. The van der Waals surface area contributed by atoms with Gasteiger partial charge in [0.05, 0.1) is 23.3 Å². The summed E-state index contributed by atoms with van der Waals surface area (Å²) in [4.78, 5) is 11.9. The van der Waals surface area contributed by atoms with E-state index >= 15 is 0 Å². The van der Waals surface area contributed by atoms with Crippen LogP contribution in [-0.2, 0) is 4.74 Å². The first-order chi connectivity index (χ1) is 9.11. The molecular formula is C13H17FN2O3. The first kappa shape index (κ1) is 13.7. The summed E-state index contributed by atoms with van der Waals surface area (Å²) in [6, 6.07) is 3.82. The van der Waals surface area contributed by atoms with Crippen molar-refractivity contribution < 1.29 is 14.1 Å². The maximum Gasteiger partial charge on any atom is 0.272 e. The molecule has 1 aromatic carbocycles. The Morgan fingerprint density at radius 1 is 1.58 bits per heavy atom. The molecule has 5 nitrogen and oxygen atoms in total. The Hall–Kier alpha value is -1.69. The highest BCUT2D eigenvalue weighted by molar-refractivity contribution is 5.52. The number of hydrogen-bond acceptors (Lipinski definition) is 4. The number of nitro benzene ring substituents is 1. The predicted molar refractivity (Wildman–Crippen MR) is 69.9 cm³/mol. The predicted octanol–water partition coefficient (Wildman–Crippen LogP) is 2.60. The van der Waals surface area contributed by atoms with Gasteiger partial charge in [0, 0.05) is 26.3 Å². The molecule has 2 rings (SSSR count). The quantitative estimate of drug-likeness (QED) is 0.622. The van der Waals surface area contributed by atoms with Gasteiger partial charge in [-0.2, -0.15) is 0 Å². The Labute approximate surface area is 111 Å². The summed E-state index contributed by atoms with van der Waals surface area (Å²) >= 11 is 0. The van der Waals surface area contributed by atoms with Crippen LogP contribution in [0.2, 0.25) is 0 Å². The van der Waals surface area contributed by atoms with Crippen LogP contribution < -0.4 is 4.90 Å². The van der Waals surface area contributed by atoms with E-state index in [9.17, 15) is 14.5 Å². The van der Waals surface area contributed by atoms with Crippen LogP contribution in [0.25, 0.3) is 0 Å². The van der Waals surface area contributed by atoms with Crippen molar-refractivity contribution in [2.75, 3.05) is 31.7 Å². The first-order valence-corrected chi connectivity index (χ1v) is 6.29. The summed E-state index contributed by atoms with van der Waals surface area (Å²) in [5.74, 6) is -0.152. The molecule has 0 N–H and O–H groups in total. The van der Waals surface area contributed by atoms with Gasteiger partial charge in [0.2, 0.25) is 0 Å². The molecule has 0 aromatic heterocycles. The highest BCUT2D eigenvalue weighted by Crippen LogP contribution is 2.28. The van der Waals surface area contributed by atoms with Gasteiger partial charge < -0.3 is 9.64 Å². The van der Waals surface area contributed by atoms with E-state index in [1.807, 2.05) is 4.90 Å². The molecule has 1 fully saturated rings. The zero-order valence-corrected chi connectivity index (χ0v) is 10.8. The summed E-state index contributed by atoms with van der Waals surface area (Å²) in [5.41, 5.74) is 0.220. The molecule has 1 saturated heterocycles. The van der Waals surface area contributed by atoms with Crippen molar-refractivity contribution in [2.45, 2.75) is 12.8 Å². The van der Waals surface area contributed by atoms with Crippen LogP contribution in [0.1, 0.15) is 12.8 Å². The molecule has 1 aromatic rings. The maximum absolute atomic E-state index is 13.9. The van der Waals surface area contributed by atoms with Crippen LogP contribution >= 0.6 is 0 Å². The fourth-order valence-electron chi connectivity index (χ4n) is 2.52. The van der Waals surface area contributed by atoms with Crippen molar-refractivity contribution in [1.82, 2.24) is 0 Å². The number of non-ortho nitro benzene ring substituents is 1. The number of benzene rings is 1. The fourth-order valence-corrected chi connectivity index (χ4v) is 2.52. The Kier molecular flexibility index (Phi) is 4.31. The van der Waals surface area contributed by atoms with E-state index in [2.05, 4.69) is 0 Å². The normalized spacial score (nSPS) is 19.5. The fraction of sp³-hybridized carbons (Fsp3) is 0.538. The summed E-state index contributed by atoms with van der Waals surface area (Å²) in [6.07, 6.45) is 2.05. The second-order valence-corrected chi connectivity index (χ2v) is 4.80. The van der Waals surface area contributed by atoms with Gasteiger partial charge in [-0.1, -0.05) is 0 Å². The zero-order valence-electron chi connectivity index (χ0n) is 10.8. The third-order valence-electron chi connectivity index (χ3n) is 3.40. The third kappa shape index (κ3) is 3.20. The Morgan fingerprint density at radius 3 is 3.00 bits per heavy atom. The summed E-state index contributed by atoms with van der Waals surface area (Å²) in [5, 5.41) is 10.6. The smallest absolute Gasteiger partial charge is 0.272 e.